The number of aliphatic carboxylic acids is 1. The number of rotatable bonds is 14. The van der Waals surface area contributed by atoms with E-state index in [2.05, 4.69) is 0 Å². The van der Waals surface area contributed by atoms with Crippen molar-refractivity contribution in [3.8, 4) is 0 Å². The summed E-state index contributed by atoms with van der Waals surface area (Å²) in [7, 11) is 0. The lowest BCUT2D eigenvalue weighted by molar-refractivity contribution is -0.138. The number of hydrogen-bond acceptors (Lipinski definition) is 8. The van der Waals surface area contributed by atoms with E-state index in [0.717, 1.165) is 0 Å². The molecule has 0 atom stereocenters. The van der Waals surface area contributed by atoms with Gasteiger partial charge in [0, 0.05) is 26.2 Å². The van der Waals surface area contributed by atoms with Gasteiger partial charge in [-0.2, -0.15) is 0 Å². The van der Waals surface area contributed by atoms with Crippen LogP contribution in [0.1, 0.15) is 13.8 Å². The van der Waals surface area contributed by atoms with Crippen molar-refractivity contribution in [2.45, 2.75) is 13.8 Å². The molecule has 0 saturated carbocycles. The second kappa shape index (κ2) is 20.1. The second-order valence-electron chi connectivity index (χ2n) is 5.91. The van der Waals surface area contributed by atoms with Crippen molar-refractivity contribution in [1.82, 2.24) is 14.7 Å². The zero-order valence-electron chi connectivity index (χ0n) is 17.6. The van der Waals surface area contributed by atoms with Gasteiger partial charge in [-0.15, -0.1) is 0 Å². The molecular formula is C16H33N5O10. The lowest BCUT2D eigenvalue weighted by Crippen LogP contribution is -2.44. The molecule has 0 radical (unpaired) electrons. The maximum Gasteiger partial charge on any atom is 0.503 e. The molecule has 0 aromatic rings. The van der Waals surface area contributed by atoms with E-state index in [9.17, 15) is 14.4 Å². The van der Waals surface area contributed by atoms with E-state index in [1.54, 1.807) is 4.90 Å². The van der Waals surface area contributed by atoms with Crippen LogP contribution < -0.4 is 11.5 Å². The van der Waals surface area contributed by atoms with Crippen molar-refractivity contribution in [2.75, 3.05) is 58.9 Å². The molecule has 0 heterocycles. The summed E-state index contributed by atoms with van der Waals surface area (Å²) in [5.74, 6) is -1.73. The Balaban J connectivity index is -0.000000832. The Bertz CT molecular complexity index is 513. The molecule has 0 aromatic carbocycles. The molecule has 15 heteroatoms. The van der Waals surface area contributed by atoms with Crippen molar-refractivity contribution in [1.29, 1.82) is 0 Å². The van der Waals surface area contributed by atoms with Gasteiger partial charge in [-0.3, -0.25) is 29.1 Å². The first-order valence-electron chi connectivity index (χ1n) is 9.04. The van der Waals surface area contributed by atoms with Gasteiger partial charge in [0.05, 0.1) is 19.6 Å². The van der Waals surface area contributed by atoms with E-state index >= 15 is 0 Å². The molecule has 31 heavy (non-hydrogen) atoms. The molecule has 15 nitrogen and oxygen atoms in total. The van der Waals surface area contributed by atoms with Gasteiger partial charge >= 0.3 is 18.3 Å². The Morgan fingerprint density at radius 2 is 0.839 bits per heavy atom. The fourth-order valence-corrected chi connectivity index (χ4v) is 2.17. The fraction of sp³-hybridized carbons (Fsp3) is 0.688. The van der Waals surface area contributed by atoms with Crippen molar-refractivity contribution in [3.05, 3.63) is 0 Å². The summed E-state index contributed by atoms with van der Waals surface area (Å²) in [5.41, 5.74) is 10.4. The number of primary amides is 2. The predicted molar refractivity (Wildman–Crippen MR) is 108 cm³/mol. The average molecular weight is 455 g/mol. The Morgan fingerprint density at radius 3 is 1.03 bits per heavy atom. The summed E-state index contributed by atoms with van der Waals surface area (Å²) in [4.78, 5) is 55.5. The third-order valence-corrected chi connectivity index (χ3v) is 3.48. The highest BCUT2D eigenvalue weighted by Gasteiger charge is 2.14. The first kappa shape index (κ1) is 32.5. The Morgan fingerprint density at radius 1 is 0.581 bits per heavy atom. The summed E-state index contributed by atoms with van der Waals surface area (Å²) in [6, 6.07) is 0. The topological polar surface area (TPSA) is 248 Å². The molecule has 0 aliphatic heterocycles. The second-order valence-corrected chi connectivity index (χ2v) is 5.91. The number of hydrogen-bond donors (Lipinski definition) is 7. The molecule has 182 valence electrons. The van der Waals surface area contributed by atoms with Gasteiger partial charge in [0.25, 0.3) is 0 Å². The predicted octanol–water partition coefficient (Wildman–Crippen LogP) is -1.57. The Labute approximate surface area is 179 Å². The van der Waals surface area contributed by atoms with Crippen molar-refractivity contribution < 1.29 is 49.5 Å². The number of amides is 2. The van der Waals surface area contributed by atoms with Crippen LogP contribution in [0.5, 0.6) is 0 Å². The lowest BCUT2D eigenvalue weighted by Gasteiger charge is -2.27. The SMILES string of the molecule is CCN(CCN(CCN(CC)CC(N)=O)CC(=O)O)CC(N)=O.O=C(O)O.O=C(O)O. The van der Waals surface area contributed by atoms with Crippen LogP contribution in [-0.4, -0.2) is 129 Å². The van der Waals surface area contributed by atoms with E-state index in [0.29, 0.717) is 39.3 Å². The highest BCUT2D eigenvalue weighted by Crippen LogP contribution is 1.96. The van der Waals surface area contributed by atoms with Crippen molar-refractivity contribution in [2.24, 2.45) is 11.5 Å². The average Bonchev–Trinajstić information content (AvgIpc) is 2.59. The van der Waals surface area contributed by atoms with Crippen LogP contribution in [0.2, 0.25) is 0 Å². The number of carbonyl (C=O) groups is 5. The van der Waals surface area contributed by atoms with E-state index < -0.39 is 30.1 Å². The summed E-state index contributed by atoms with van der Waals surface area (Å²) in [6.07, 6.45) is -3.67. The first-order valence-corrected chi connectivity index (χ1v) is 9.04. The van der Waals surface area contributed by atoms with Gasteiger partial charge in [0.1, 0.15) is 0 Å². The minimum atomic E-state index is -1.83. The van der Waals surface area contributed by atoms with Gasteiger partial charge in [-0.25, -0.2) is 9.59 Å². The van der Waals surface area contributed by atoms with Crippen LogP contribution in [-0.2, 0) is 14.4 Å². The molecule has 0 rings (SSSR count). The van der Waals surface area contributed by atoms with E-state index in [1.165, 1.54) is 0 Å². The minimum Gasteiger partial charge on any atom is -0.480 e. The number of carbonyl (C=O) groups excluding carboxylic acids is 2. The van der Waals surface area contributed by atoms with Gasteiger partial charge in [-0.05, 0) is 13.1 Å². The number of carboxylic acid groups (broad SMARTS) is 5. The van der Waals surface area contributed by atoms with E-state index in [-0.39, 0.29) is 19.6 Å². The van der Waals surface area contributed by atoms with Crippen LogP contribution in [0.4, 0.5) is 9.59 Å². The van der Waals surface area contributed by atoms with E-state index in [4.69, 9.17) is 46.6 Å². The highest BCUT2D eigenvalue weighted by atomic mass is 16.6. The molecule has 0 saturated heterocycles. The maximum atomic E-state index is 11.0. The third-order valence-electron chi connectivity index (χ3n) is 3.48. The summed E-state index contributed by atoms with van der Waals surface area (Å²) >= 11 is 0. The monoisotopic (exact) mass is 455 g/mol. The summed E-state index contributed by atoms with van der Waals surface area (Å²) < 4.78 is 0. The highest BCUT2D eigenvalue weighted by molar-refractivity contribution is 5.76. The van der Waals surface area contributed by atoms with Crippen LogP contribution in [0.15, 0.2) is 0 Å². The normalized spacial score (nSPS) is 9.97. The largest absolute Gasteiger partial charge is 0.503 e. The molecule has 0 aromatic heterocycles. The molecule has 0 fully saturated rings. The molecule has 2 amide bonds. The van der Waals surface area contributed by atoms with Crippen LogP contribution in [0, 0.1) is 0 Å². The molecular weight excluding hydrogens is 422 g/mol. The maximum absolute atomic E-state index is 11.0. The van der Waals surface area contributed by atoms with Crippen LogP contribution >= 0.6 is 0 Å². The number of nitrogens with zero attached hydrogens (tertiary/aromatic N) is 3. The van der Waals surface area contributed by atoms with Crippen LogP contribution in [0.3, 0.4) is 0 Å². The van der Waals surface area contributed by atoms with Crippen LogP contribution in [0.25, 0.3) is 0 Å². The van der Waals surface area contributed by atoms with Gasteiger partial charge in [0.15, 0.2) is 0 Å². The van der Waals surface area contributed by atoms with Gasteiger partial charge in [0.2, 0.25) is 11.8 Å². The lowest BCUT2D eigenvalue weighted by atomic mass is 10.3. The fourth-order valence-electron chi connectivity index (χ4n) is 2.17. The zero-order chi connectivity index (χ0) is 25.0. The molecule has 0 aliphatic rings. The quantitative estimate of drug-likeness (QED) is 0.156. The standard InChI is InChI=1S/C14H29N5O4.2CH2O3/c1-3-17(9-12(15)20)5-7-19(11-14(22)23)8-6-18(4-2)10-13(16)21;2*2-1(3)4/h3-11H2,1-2H3,(H2,15,20)(H2,16,21)(H,22,23);2*(H2,2,3,4). The number of likely N-dealkylation sites (N-methyl/N-ethyl adjacent to an activating group) is 2. The molecule has 0 unspecified atom stereocenters. The smallest absolute Gasteiger partial charge is 0.480 e. The van der Waals surface area contributed by atoms with E-state index in [1.807, 2.05) is 23.6 Å². The Hall–Kier alpha value is -3.17. The van der Waals surface area contributed by atoms with Crippen molar-refractivity contribution in [3.63, 3.8) is 0 Å². The molecule has 0 aliphatic carbocycles. The van der Waals surface area contributed by atoms with Gasteiger partial charge < -0.3 is 37.0 Å². The number of carboxylic acids is 1. The molecule has 0 spiro atoms. The summed E-state index contributed by atoms with van der Waals surface area (Å²) in [6.45, 7) is 7.46. The first-order chi connectivity index (χ1) is 14.2. The third kappa shape index (κ3) is 31.7. The Kier molecular flexibility index (Phi) is 21.1. The zero-order valence-corrected chi connectivity index (χ0v) is 17.6. The molecule has 0 bridgehead atoms. The molecule has 9 N–H and O–H groups in total. The number of nitrogens with two attached hydrogens (primary N) is 2. The summed E-state index contributed by atoms with van der Waals surface area (Å²) in [5, 5.41) is 36.9. The van der Waals surface area contributed by atoms with Crippen molar-refractivity contribution >= 4 is 30.1 Å². The van der Waals surface area contributed by atoms with Gasteiger partial charge in [-0.1, -0.05) is 13.8 Å². The minimum absolute atomic E-state index is 0.0950.